The number of carbonyl (C=O) groups excluding carboxylic acids is 3. The lowest BCUT2D eigenvalue weighted by Crippen LogP contribution is -2.44. The maximum absolute atomic E-state index is 12.9. The van der Waals surface area contributed by atoms with Gasteiger partial charge in [-0.05, 0) is 37.5 Å². The molecule has 2 saturated heterocycles. The van der Waals surface area contributed by atoms with Gasteiger partial charge in [-0.15, -0.1) is 0 Å². The quantitative estimate of drug-likeness (QED) is 0.782. The molecule has 0 saturated carbocycles. The van der Waals surface area contributed by atoms with Gasteiger partial charge in [0.25, 0.3) is 5.91 Å². The summed E-state index contributed by atoms with van der Waals surface area (Å²) in [6, 6.07) is 6.75. The number of carbonyl (C=O) groups is 3. The van der Waals surface area contributed by atoms with Crippen LogP contribution in [0.1, 0.15) is 38.2 Å². The van der Waals surface area contributed by atoms with E-state index in [4.69, 9.17) is 0 Å². The van der Waals surface area contributed by atoms with E-state index >= 15 is 0 Å². The molecule has 1 unspecified atom stereocenters. The molecule has 0 bridgehead atoms. The Hall–Kier alpha value is -1.89. The first-order valence-electron chi connectivity index (χ1n) is 8.60. The van der Waals surface area contributed by atoms with Gasteiger partial charge >= 0.3 is 6.03 Å². The average Bonchev–Trinajstić information content (AvgIpc) is 2.80. The Balaban J connectivity index is 1.76. The van der Waals surface area contributed by atoms with E-state index in [0.29, 0.717) is 18.7 Å². The second-order valence-corrected chi connectivity index (χ2v) is 7.67. The molecule has 4 amide bonds. The second-order valence-electron chi connectivity index (χ2n) is 6.75. The molecule has 0 radical (unpaired) electrons. The predicted molar refractivity (Wildman–Crippen MR) is 96.8 cm³/mol. The summed E-state index contributed by atoms with van der Waals surface area (Å²) >= 11 is 3.38. The van der Waals surface area contributed by atoms with Crippen LogP contribution in [0.15, 0.2) is 28.7 Å². The van der Waals surface area contributed by atoms with Crippen LogP contribution in [0.25, 0.3) is 0 Å². The van der Waals surface area contributed by atoms with Crippen LogP contribution in [-0.2, 0) is 15.1 Å². The highest BCUT2D eigenvalue weighted by atomic mass is 79.9. The molecule has 3 rings (SSSR count). The number of rotatable bonds is 3. The van der Waals surface area contributed by atoms with Gasteiger partial charge in [-0.25, -0.2) is 4.79 Å². The topological polar surface area (TPSA) is 69.7 Å². The van der Waals surface area contributed by atoms with Crippen molar-refractivity contribution in [1.82, 2.24) is 15.1 Å². The van der Waals surface area contributed by atoms with Crippen LogP contribution in [0.3, 0.4) is 0 Å². The fourth-order valence-corrected chi connectivity index (χ4v) is 3.79. The summed E-state index contributed by atoms with van der Waals surface area (Å²) in [5, 5.41) is 2.74. The largest absolute Gasteiger partial charge is 0.341 e. The van der Waals surface area contributed by atoms with E-state index in [9.17, 15) is 14.4 Å². The highest BCUT2D eigenvalue weighted by Crippen LogP contribution is 2.30. The number of nitrogens with zero attached hydrogens (tertiary/aromatic N) is 2. The molecule has 1 N–H and O–H groups in total. The van der Waals surface area contributed by atoms with Crippen LogP contribution in [0.2, 0.25) is 0 Å². The van der Waals surface area contributed by atoms with Crippen molar-refractivity contribution in [2.45, 2.75) is 38.1 Å². The molecular formula is C18H22BrN3O3. The molecule has 1 aromatic carbocycles. The number of urea groups is 1. The van der Waals surface area contributed by atoms with Crippen LogP contribution in [-0.4, -0.2) is 47.3 Å². The SMILES string of the molecule is CC1(c2cccc(Br)c2)NC(=O)N(CC(=O)N2CCCCCC2)C1=O. The number of amides is 4. The van der Waals surface area contributed by atoms with E-state index in [-0.39, 0.29) is 12.5 Å². The van der Waals surface area contributed by atoms with Crippen molar-refractivity contribution in [1.29, 1.82) is 0 Å². The fraction of sp³-hybridized carbons (Fsp3) is 0.500. The normalized spacial score (nSPS) is 24.2. The summed E-state index contributed by atoms with van der Waals surface area (Å²) < 4.78 is 0.826. The van der Waals surface area contributed by atoms with Gasteiger partial charge in [0.15, 0.2) is 0 Å². The molecule has 2 aliphatic rings. The molecule has 2 heterocycles. The Bertz CT molecular complexity index is 701. The predicted octanol–water partition coefficient (Wildman–Crippen LogP) is 2.62. The first-order valence-corrected chi connectivity index (χ1v) is 9.39. The van der Waals surface area contributed by atoms with Gasteiger partial charge in [0.1, 0.15) is 12.1 Å². The van der Waals surface area contributed by atoms with E-state index in [1.54, 1.807) is 24.0 Å². The molecule has 134 valence electrons. The van der Waals surface area contributed by atoms with Gasteiger partial charge in [-0.3, -0.25) is 14.5 Å². The van der Waals surface area contributed by atoms with Crippen molar-refractivity contribution in [3.8, 4) is 0 Å². The number of imide groups is 1. The van der Waals surface area contributed by atoms with Gasteiger partial charge in [-0.2, -0.15) is 0 Å². The number of hydrogen-bond acceptors (Lipinski definition) is 3. The second kappa shape index (κ2) is 7.15. The number of halogens is 1. The smallest absolute Gasteiger partial charge is 0.325 e. The minimum atomic E-state index is -1.15. The maximum Gasteiger partial charge on any atom is 0.325 e. The van der Waals surface area contributed by atoms with Gasteiger partial charge in [0.05, 0.1) is 0 Å². The van der Waals surface area contributed by atoms with Crippen molar-refractivity contribution >= 4 is 33.8 Å². The Morgan fingerprint density at radius 1 is 1.20 bits per heavy atom. The Morgan fingerprint density at radius 2 is 1.88 bits per heavy atom. The molecular weight excluding hydrogens is 386 g/mol. The van der Waals surface area contributed by atoms with Gasteiger partial charge in [-0.1, -0.05) is 40.9 Å². The summed E-state index contributed by atoms with van der Waals surface area (Å²) in [5.41, 5.74) is -0.468. The van der Waals surface area contributed by atoms with Crippen molar-refractivity contribution in [3.63, 3.8) is 0 Å². The molecule has 0 aliphatic carbocycles. The minimum Gasteiger partial charge on any atom is -0.341 e. The van der Waals surface area contributed by atoms with Crippen molar-refractivity contribution in [2.24, 2.45) is 0 Å². The summed E-state index contributed by atoms with van der Waals surface area (Å²) in [6.45, 7) is 2.87. The van der Waals surface area contributed by atoms with Crippen molar-refractivity contribution < 1.29 is 14.4 Å². The minimum absolute atomic E-state index is 0.163. The summed E-state index contributed by atoms with van der Waals surface area (Å²) in [6.07, 6.45) is 4.19. The summed E-state index contributed by atoms with van der Waals surface area (Å²) in [5.74, 6) is -0.553. The molecule has 2 aliphatic heterocycles. The van der Waals surface area contributed by atoms with E-state index < -0.39 is 17.5 Å². The third kappa shape index (κ3) is 3.56. The molecule has 0 aromatic heterocycles. The summed E-state index contributed by atoms with van der Waals surface area (Å²) in [4.78, 5) is 40.6. The molecule has 6 nitrogen and oxygen atoms in total. The van der Waals surface area contributed by atoms with Crippen LogP contribution >= 0.6 is 15.9 Å². The van der Waals surface area contributed by atoms with E-state index in [0.717, 1.165) is 35.1 Å². The lowest BCUT2D eigenvalue weighted by Gasteiger charge is -2.24. The standard InChI is InChI=1S/C18H22BrN3O3/c1-18(13-7-6-8-14(19)11-13)16(24)22(17(25)20-18)12-15(23)21-9-4-2-3-5-10-21/h6-8,11H,2-5,9-10,12H2,1H3,(H,20,25). The zero-order chi connectivity index (χ0) is 18.0. The number of nitrogens with one attached hydrogen (secondary N) is 1. The number of benzene rings is 1. The third-order valence-corrected chi connectivity index (χ3v) is 5.42. The third-order valence-electron chi connectivity index (χ3n) is 4.93. The maximum atomic E-state index is 12.9. The van der Waals surface area contributed by atoms with Crippen molar-refractivity contribution in [3.05, 3.63) is 34.3 Å². The molecule has 0 spiro atoms. The first kappa shape index (κ1) is 17.9. The lowest BCUT2D eigenvalue weighted by atomic mass is 9.92. The molecule has 25 heavy (non-hydrogen) atoms. The Labute approximate surface area is 155 Å². The van der Waals surface area contributed by atoms with Gasteiger partial charge in [0.2, 0.25) is 5.91 Å². The van der Waals surface area contributed by atoms with Crippen LogP contribution in [0, 0.1) is 0 Å². The Morgan fingerprint density at radius 3 is 2.52 bits per heavy atom. The van der Waals surface area contributed by atoms with Crippen LogP contribution < -0.4 is 5.32 Å². The van der Waals surface area contributed by atoms with Gasteiger partial charge in [0, 0.05) is 17.6 Å². The zero-order valence-electron chi connectivity index (χ0n) is 14.3. The lowest BCUT2D eigenvalue weighted by molar-refractivity contribution is -0.138. The average molecular weight is 408 g/mol. The molecule has 1 atom stereocenters. The monoisotopic (exact) mass is 407 g/mol. The highest BCUT2D eigenvalue weighted by molar-refractivity contribution is 9.10. The molecule has 7 heteroatoms. The zero-order valence-corrected chi connectivity index (χ0v) is 15.8. The van der Waals surface area contributed by atoms with Crippen molar-refractivity contribution in [2.75, 3.05) is 19.6 Å². The highest BCUT2D eigenvalue weighted by Gasteiger charge is 2.49. The fourth-order valence-electron chi connectivity index (χ4n) is 3.39. The van der Waals surface area contributed by atoms with E-state index in [1.807, 2.05) is 12.1 Å². The Kier molecular flexibility index (Phi) is 5.13. The number of hydrogen-bond donors (Lipinski definition) is 1. The summed E-state index contributed by atoms with van der Waals surface area (Å²) in [7, 11) is 0. The van der Waals surface area contributed by atoms with Crippen LogP contribution in [0.5, 0.6) is 0 Å². The molecule has 1 aromatic rings. The molecule has 2 fully saturated rings. The van der Waals surface area contributed by atoms with Crippen LogP contribution in [0.4, 0.5) is 4.79 Å². The van der Waals surface area contributed by atoms with Gasteiger partial charge < -0.3 is 10.2 Å². The first-order chi connectivity index (χ1) is 11.9. The van der Waals surface area contributed by atoms with E-state index in [1.165, 1.54) is 0 Å². The number of likely N-dealkylation sites (tertiary alicyclic amines) is 1. The van der Waals surface area contributed by atoms with E-state index in [2.05, 4.69) is 21.2 Å².